The first-order valence-corrected chi connectivity index (χ1v) is 5.88. The SMILES string of the molecule is O=C(NNc1ccc([N+](=O)[O-])cn1)c1ccc([N+](=O)[O-])cc1. The van der Waals surface area contributed by atoms with Gasteiger partial charge in [0.1, 0.15) is 12.0 Å². The van der Waals surface area contributed by atoms with Gasteiger partial charge in [0.25, 0.3) is 17.3 Å². The summed E-state index contributed by atoms with van der Waals surface area (Å²) in [4.78, 5) is 35.4. The summed E-state index contributed by atoms with van der Waals surface area (Å²) in [7, 11) is 0. The summed E-state index contributed by atoms with van der Waals surface area (Å²) < 4.78 is 0. The van der Waals surface area contributed by atoms with Crippen LogP contribution in [-0.4, -0.2) is 20.7 Å². The molecular weight excluding hydrogens is 294 g/mol. The highest BCUT2D eigenvalue weighted by Crippen LogP contribution is 2.13. The predicted octanol–water partition coefficient (Wildman–Crippen LogP) is 1.65. The second-order valence-corrected chi connectivity index (χ2v) is 4.04. The summed E-state index contributed by atoms with van der Waals surface area (Å²) >= 11 is 0. The molecule has 1 amide bonds. The van der Waals surface area contributed by atoms with Crippen LogP contribution in [0.3, 0.4) is 0 Å². The molecule has 2 rings (SSSR count). The molecule has 0 spiro atoms. The van der Waals surface area contributed by atoms with E-state index in [1.165, 1.54) is 36.4 Å². The van der Waals surface area contributed by atoms with Crippen molar-refractivity contribution in [3.8, 4) is 0 Å². The Kier molecular flexibility index (Phi) is 4.22. The van der Waals surface area contributed by atoms with Crippen LogP contribution in [0.5, 0.6) is 0 Å². The van der Waals surface area contributed by atoms with Crippen molar-refractivity contribution in [3.05, 3.63) is 68.4 Å². The highest BCUT2D eigenvalue weighted by Gasteiger charge is 2.10. The van der Waals surface area contributed by atoms with Gasteiger partial charge in [0.05, 0.1) is 9.85 Å². The Morgan fingerprint density at radius 3 is 2.05 bits per heavy atom. The van der Waals surface area contributed by atoms with Crippen LogP contribution in [0.4, 0.5) is 17.2 Å². The molecule has 0 aliphatic carbocycles. The normalized spacial score (nSPS) is 9.82. The zero-order valence-electron chi connectivity index (χ0n) is 10.9. The van der Waals surface area contributed by atoms with Crippen LogP contribution in [0, 0.1) is 20.2 Å². The summed E-state index contributed by atoms with van der Waals surface area (Å²) in [6, 6.07) is 7.58. The van der Waals surface area contributed by atoms with E-state index >= 15 is 0 Å². The molecule has 2 aromatic rings. The molecule has 0 radical (unpaired) electrons. The number of nitrogens with zero attached hydrogens (tertiary/aromatic N) is 3. The molecule has 0 atom stereocenters. The van der Waals surface area contributed by atoms with Gasteiger partial charge in [0.15, 0.2) is 0 Å². The molecule has 1 aromatic heterocycles. The number of hydrogen-bond donors (Lipinski definition) is 2. The first-order chi connectivity index (χ1) is 10.5. The van der Waals surface area contributed by atoms with Crippen LogP contribution in [0.1, 0.15) is 10.4 Å². The highest BCUT2D eigenvalue weighted by molar-refractivity contribution is 5.94. The second kappa shape index (κ2) is 6.26. The number of nitro benzene ring substituents is 1. The minimum atomic E-state index is -0.591. The first kappa shape index (κ1) is 14.8. The lowest BCUT2D eigenvalue weighted by molar-refractivity contribution is -0.385. The third kappa shape index (κ3) is 3.50. The molecule has 0 fully saturated rings. The average molecular weight is 303 g/mol. The zero-order valence-corrected chi connectivity index (χ0v) is 10.9. The average Bonchev–Trinajstić information content (AvgIpc) is 2.53. The molecule has 1 heterocycles. The van der Waals surface area contributed by atoms with Crippen molar-refractivity contribution in [2.75, 3.05) is 5.43 Å². The van der Waals surface area contributed by atoms with Gasteiger partial charge in [-0.05, 0) is 18.2 Å². The fourth-order valence-corrected chi connectivity index (χ4v) is 1.50. The van der Waals surface area contributed by atoms with E-state index < -0.39 is 15.8 Å². The third-order valence-electron chi connectivity index (χ3n) is 2.60. The quantitative estimate of drug-likeness (QED) is 0.632. The molecule has 0 aliphatic heterocycles. The largest absolute Gasteiger partial charge is 0.287 e. The number of pyridine rings is 1. The summed E-state index contributed by atoms with van der Waals surface area (Å²) in [5.41, 5.74) is 4.71. The monoisotopic (exact) mass is 303 g/mol. The molecule has 0 unspecified atom stereocenters. The van der Waals surface area contributed by atoms with E-state index in [0.717, 1.165) is 6.20 Å². The van der Waals surface area contributed by atoms with Crippen molar-refractivity contribution < 1.29 is 14.6 Å². The Labute approximate surface area is 123 Å². The Balaban J connectivity index is 1.97. The standard InChI is InChI=1S/C12H9N5O5/c18-12(8-1-3-9(4-2-8)16(19)20)15-14-11-6-5-10(7-13-11)17(21)22/h1-7H,(H,13,14)(H,15,18). The first-order valence-electron chi connectivity index (χ1n) is 5.88. The van der Waals surface area contributed by atoms with Crippen molar-refractivity contribution in [1.82, 2.24) is 10.4 Å². The number of carbonyl (C=O) groups excluding carboxylic acids is 1. The van der Waals surface area contributed by atoms with Gasteiger partial charge in [-0.25, -0.2) is 4.98 Å². The van der Waals surface area contributed by atoms with Crippen LogP contribution in [0.15, 0.2) is 42.6 Å². The number of nitro groups is 2. The van der Waals surface area contributed by atoms with Crippen LogP contribution in [0.2, 0.25) is 0 Å². The molecule has 10 nitrogen and oxygen atoms in total. The Morgan fingerprint density at radius 2 is 1.55 bits per heavy atom. The lowest BCUT2D eigenvalue weighted by Gasteiger charge is -2.07. The van der Waals surface area contributed by atoms with Gasteiger partial charge in [-0.3, -0.25) is 35.9 Å². The number of anilines is 1. The van der Waals surface area contributed by atoms with Crippen LogP contribution in [0.25, 0.3) is 0 Å². The van der Waals surface area contributed by atoms with Gasteiger partial charge in [0.2, 0.25) is 0 Å². The third-order valence-corrected chi connectivity index (χ3v) is 2.60. The van der Waals surface area contributed by atoms with Crippen molar-refractivity contribution in [1.29, 1.82) is 0 Å². The van der Waals surface area contributed by atoms with E-state index in [0.29, 0.717) is 0 Å². The highest BCUT2D eigenvalue weighted by atomic mass is 16.6. The molecule has 0 aliphatic rings. The minimum Gasteiger partial charge on any atom is -0.282 e. The molecule has 22 heavy (non-hydrogen) atoms. The van der Waals surface area contributed by atoms with Gasteiger partial charge in [-0.1, -0.05) is 0 Å². The summed E-state index contributed by atoms with van der Waals surface area (Å²) in [6.07, 6.45) is 1.04. The maximum atomic E-state index is 11.8. The van der Waals surface area contributed by atoms with Crippen LogP contribution in [-0.2, 0) is 0 Å². The molecule has 0 saturated carbocycles. The predicted molar refractivity (Wildman–Crippen MR) is 75.1 cm³/mol. The number of amides is 1. The topological polar surface area (TPSA) is 140 Å². The number of hydrogen-bond acceptors (Lipinski definition) is 7. The van der Waals surface area contributed by atoms with Crippen LogP contribution < -0.4 is 10.9 Å². The van der Waals surface area contributed by atoms with E-state index in [2.05, 4.69) is 15.8 Å². The number of non-ortho nitro benzene ring substituents is 1. The Bertz CT molecular complexity index is 714. The van der Waals surface area contributed by atoms with E-state index in [9.17, 15) is 25.0 Å². The lowest BCUT2D eigenvalue weighted by atomic mass is 10.2. The van der Waals surface area contributed by atoms with Crippen molar-refractivity contribution in [3.63, 3.8) is 0 Å². The Morgan fingerprint density at radius 1 is 0.955 bits per heavy atom. The van der Waals surface area contributed by atoms with Gasteiger partial charge in [-0.2, -0.15) is 0 Å². The molecule has 0 bridgehead atoms. The van der Waals surface area contributed by atoms with Gasteiger partial charge in [-0.15, -0.1) is 0 Å². The molecule has 0 saturated heterocycles. The fourth-order valence-electron chi connectivity index (χ4n) is 1.50. The number of nitrogens with one attached hydrogen (secondary N) is 2. The number of aromatic nitrogens is 1. The van der Waals surface area contributed by atoms with E-state index in [-0.39, 0.29) is 22.8 Å². The lowest BCUT2D eigenvalue weighted by Crippen LogP contribution is -2.29. The Hall–Kier alpha value is -3.56. The zero-order chi connectivity index (χ0) is 16.1. The smallest absolute Gasteiger partial charge is 0.282 e. The number of benzene rings is 1. The van der Waals surface area contributed by atoms with Crippen molar-refractivity contribution >= 4 is 23.1 Å². The van der Waals surface area contributed by atoms with E-state index in [4.69, 9.17) is 0 Å². The summed E-state index contributed by atoms with van der Waals surface area (Å²) in [5, 5.41) is 21.0. The molecule has 10 heteroatoms. The number of hydrazine groups is 1. The van der Waals surface area contributed by atoms with Crippen molar-refractivity contribution in [2.24, 2.45) is 0 Å². The molecule has 1 aromatic carbocycles. The minimum absolute atomic E-state index is 0.124. The van der Waals surface area contributed by atoms with Gasteiger partial charge >= 0.3 is 0 Å². The van der Waals surface area contributed by atoms with Crippen LogP contribution >= 0.6 is 0 Å². The molecular formula is C12H9N5O5. The van der Waals surface area contributed by atoms with Crippen molar-refractivity contribution in [2.45, 2.75) is 0 Å². The number of rotatable bonds is 5. The van der Waals surface area contributed by atoms with E-state index in [1.807, 2.05) is 0 Å². The summed E-state index contributed by atoms with van der Waals surface area (Å²) in [5.74, 6) is -0.323. The molecule has 112 valence electrons. The summed E-state index contributed by atoms with van der Waals surface area (Å²) in [6.45, 7) is 0. The van der Waals surface area contributed by atoms with Gasteiger partial charge < -0.3 is 0 Å². The number of carbonyl (C=O) groups is 1. The van der Waals surface area contributed by atoms with Gasteiger partial charge in [0, 0.05) is 23.8 Å². The maximum absolute atomic E-state index is 11.8. The van der Waals surface area contributed by atoms with E-state index in [1.54, 1.807) is 0 Å². The maximum Gasteiger partial charge on any atom is 0.287 e. The molecule has 2 N–H and O–H groups in total. The fraction of sp³-hybridized carbons (Fsp3) is 0. The second-order valence-electron chi connectivity index (χ2n) is 4.04.